The second kappa shape index (κ2) is 1.75. The van der Waals surface area contributed by atoms with Crippen molar-refractivity contribution in [3.63, 3.8) is 0 Å². The molecule has 0 aliphatic carbocycles. The predicted octanol–water partition coefficient (Wildman–Crippen LogP) is 0.672. The molecule has 0 saturated carbocycles. The number of rotatable bonds is 0. The first-order valence-corrected chi connectivity index (χ1v) is 5.37. The first-order valence-electron chi connectivity index (χ1n) is 2.85. The van der Waals surface area contributed by atoms with Crippen LogP contribution in [0, 0.1) is 0 Å². The van der Waals surface area contributed by atoms with Gasteiger partial charge in [0, 0.05) is 12.2 Å². The Morgan fingerprint density at radius 3 is 2.22 bits per heavy atom. The normalized spacial score (nSPS) is 34.1. The Bertz CT molecular complexity index is 166. The molecule has 0 aromatic heterocycles. The lowest BCUT2D eigenvalue weighted by Crippen LogP contribution is -2.20. The summed E-state index contributed by atoms with van der Waals surface area (Å²) in [6, 6.07) is 0. The lowest BCUT2D eigenvalue weighted by Gasteiger charge is -2.09. The summed E-state index contributed by atoms with van der Waals surface area (Å²) >= 11 is 0. The Morgan fingerprint density at radius 1 is 1.56 bits per heavy atom. The molecule has 9 heavy (non-hydrogen) atoms. The summed E-state index contributed by atoms with van der Waals surface area (Å²) in [4.78, 5) is 0. The van der Waals surface area contributed by atoms with Crippen LogP contribution >= 0.6 is 0 Å². The van der Waals surface area contributed by atoms with Gasteiger partial charge in [0.05, 0.1) is 5.75 Å². The van der Waals surface area contributed by atoms with Crippen LogP contribution in [-0.2, 0) is 9.93 Å². The Labute approximate surface area is 53.9 Å². The first kappa shape index (κ1) is 7.12. The molecule has 0 spiro atoms. The van der Waals surface area contributed by atoms with Gasteiger partial charge in [-0.1, -0.05) is 0 Å². The van der Waals surface area contributed by atoms with E-state index < -0.39 is 15.9 Å². The minimum atomic E-state index is -2.63. The smallest absolute Gasteiger partial charge is 0.258 e. The van der Waals surface area contributed by atoms with Gasteiger partial charge in [0.2, 0.25) is 0 Å². The van der Waals surface area contributed by atoms with Crippen LogP contribution in [0.2, 0.25) is 0 Å². The Hall–Kier alpha value is 0.01000. The fourth-order valence-corrected chi connectivity index (χ4v) is 3.14. The van der Waals surface area contributed by atoms with Crippen molar-refractivity contribution in [1.82, 2.24) is 0 Å². The van der Waals surface area contributed by atoms with Crippen molar-refractivity contribution in [1.29, 1.82) is 0 Å². The van der Waals surface area contributed by atoms with E-state index in [2.05, 4.69) is 0 Å². The fraction of sp³-hybridized carbons (Fsp3) is 1.00. The maximum Gasteiger partial charge on any atom is 0.258 e. The molecule has 4 heteroatoms. The number of alkyl halides is 2. The highest BCUT2D eigenvalue weighted by Crippen LogP contribution is 2.31. The van der Waals surface area contributed by atoms with Gasteiger partial charge in [-0.2, -0.15) is 0 Å². The van der Waals surface area contributed by atoms with E-state index >= 15 is 0 Å². The molecule has 0 atom stereocenters. The van der Waals surface area contributed by atoms with Gasteiger partial charge < -0.3 is 0 Å². The van der Waals surface area contributed by atoms with E-state index in [0.717, 1.165) is 0 Å². The molecule has 0 aromatic rings. The summed E-state index contributed by atoms with van der Waals surface area (Å²) in [5.74, 6) is -2.79. The van der Waals surface area contributed by atoms with Crippen LogP contribution in [0.4, 0.5) is 8.78 Å². The van der Waals surface area contributed by atoms with Gasteiger partial charge in [0.25, 0.3) is 5.92 Å². The van der Waals surface area contributed by atoms with Gasteiger partial charge in [-0.05, 0) is 6.26 Å². The third-order valence-electron chi connectivity index (χ3n) is 1.52. The Morgan fingerprint density at radius 2 is 2.11 bits per heavy atom. The second-order valence-electron chi connectivity index (χ2n) is 2.78. The van der Waals surface area contributed by atoms with Crippen molar-refractivity contribution < 1.29 is 13.0 Å². The van der Waals surface area contributed by atoms with Crippen molar-refractivity contribution in [3.8, 4) is 0 Å². The topological polar surface area (TPSA) is 17.1 Å². The van der Waals surface area contributed by atoms with Gasteiger partial charge >= 0.3 is 0 Å². The lowest BCUT2D eigenvalue weighted by molar-refractivity contribution is 0.0305. The van der Waals surface area contributed by atoms with Crippen LogP contribution in [0.15, 0.2) is 0 Å². The highest BCUT2D eigenvalue weighted by molar-refractivity contribution is 8.02. The first-order chi connectivity index (χ1) is 3.91. The molecular formula is C5H10F2OS. The molecule has 56 valence electrons. The third-order valence-corrected chi connectivity index (χ3v) is 3.82. The molecule has 0 unspecified atom stereocenters. The summed E-state index contributed by atoms with van der Waals surface area (Å²) in [5, 5.41) is 0. The molecule has 1 aliphatic heterocycles. The zero-order chi connectivity index (χ0) is 7.12. The van der Waals surface area contributed by atoms with Crippen molar-refractivity contribution >= 4 is 9.93 Å². The molecule has 1 aliphatic rings. The number of halogens is 2. The van der Waals surface area contributed by atoms with Gasteiger partial charge in [-0.15, -0.1) is 9.93 Å². The summed E-state index contributed by atoms with van der Waals surface area (Å²) in [7, 11) is -2.41. The molecular weight excluding hydrogens is 146 g/mol. The monoisotopic (exact) mass is 156 g/mol. The molecule has 0 radical (unpaired) electrons. The lowest BCUT2D eigenvalue weighted by atomic mass is 10.3. The fourth-order valence-electron chi connectivity index (χ4n) is 1.05. The van der Waals surface area contributed by atoms with E-state index in [4.69, 9.17) is 0 Å². The van der Waals surface area contributed by atoms with E-state index in [1.165, 1.54) is 6.26 Å². The van der Waals surface area contributed by atoms with Gasteiger partial charge in [-0.3, -0.25) is 4.21 Å². The van der Waals surface area contributed by atoms with Crippen LogP contribution in [0.3, 0.4) is 0 Å². The molecule has 1 saturated heterocycles. The minimum absolute atomic E-state index is 0.180. The quantitative estimate of drug-likeness (QED) is 0.510. The number of hydrogen-bond acceptors (Lipinski definition) is 1. The van der Waals surface area contributed by atoms with Gasteiger partial charge in [0.1, 0.15) is 0 Å². The molecule has 0 N–H and O–H groups in total. The third kappa shape index (κ3) is 1.71. The van der Waals surface area contributed by atoms with Crippen molar-refractivity contribution in [2.24, 2.45) is 0 Å². The second-order valence-corrected chi connectivity index (χ2v) is 6.14. The maximum absolute atomic E-state index is 12.3. The maximum atomic E-state index is 12.3. The SMILES string of the molecule is C[SH]1(=O)CCC(F)(F)C1. The molecule has 1 rings (SSSR count). The van der Waals surface area contributed by atoms with Crippen LogP contribution in [0.5, 0.6) is 0 Å². The largest absolute Gasteiger partial charge is 0.285 e. The number of hydrogen-bond donors (Lipinski definition) is 1. The highest BCUT2D eigenvalue weighted by atomic mass is 32.2. The Kier molecular flexibility index (Phi) is 1.38. The van der Waals surface area contributed by atoms with Gasteiger partial charge in [0.15, 0.2) is 0 Å². The van der Waals surface area contributed by atoms with E-state index in [-0.39, 0.29) is 17.9 Å². The average molecular weight is 156 g/mol. The van der Waals surface area contributed by atoms with Crippen LogP contribution in [-0.4, -0.2) is 27.9 Å². The van der Waals surface area contributed by atoms with Crippen LogP contribution < -0.4 is 0 Å². The van der Waals surface area contributed by atoms with E-state index in [0.29, 0.717) is 0 Å². The molecule has 0 aromatic carbocycles. The van der Waals surface area contributed by atoms with Crippen molar-refractivity contribution in [2.75, 3.05) is 17.8 Å². The Balaban J connectivity index is 2.69. The molecule has 1 fully saturated rings. The zero-order valence-corrected chi connectivity index (χ0v) is 6.13. The van der Waals surface area contributed by atoms with Crippen molar-refractivity contribution in [3.05, 3.63) is 0 Å². The van der Waals surface area contributed by atoms with Crippen LogP contribution in [0.1, 0.15) is 6.42 Å². The predicted molar refractivity (Wildman–Crippen MR) is 34.8 cm³/mol. The average Bonchev–Trinajstić information content (AvgIpc) is 1.78. The highest BCUT2D eigenvalue weighted by Gasteiger charge is 2.40. The molecule has 0 amide bonds. The summed E-state index contributed by atoms with van der Waals surface area (Å²) < 4.78 is 35.5. The molecule has 1 heterocycles. The summed E-state index contributed by atoms with van der Waals surface area (Å²) in [6.45, 7) is 0. The minimum Gasteiger partial charge on any atom is -0.285 e. The number of thiol groups is 1. The summed E-state index contributed by atoms with van der Waals surface area (Å²) in [6.07, 6.45) is 1.27. The van der Waals surface area contributed by atoms with Gasteiger partial charge in [-0.25, -0.2) is 8.78 Å². The standard InChI is InChI=1S/C5H10F2OS/c1-9(8)3-2-5(6,7)4-9/h9H,2-4H2,1H3. The van der Waals surface area contributed by atoms with E-state index in [1.807, 2.05) is 0 Å². The summed E-state index contributed by atoms with van der Waals surface area (Å²) in [5.41, 5.74) is 0. The van der Waals surface area contributed by atoms with E-state index in [1.54, 1.807) is 0 Å². The van der Waals surface area contributed by atoms with Crippen LogP contribution in [0.25, 0.3) is 0 Å². The molecule has 0 bridgehead atoms. The van der Waals surface area contributed by atoms with Crippen molar-refractivity contribution in [2.45, 2.75) is 12.3 Å². The molecule has 1 nitrogen and oxygen atoms in total. The zero-order valence-electron chi connectivity index (χ0n) is 5.23. The van der Waals surface area contributed by atoms with E-state index in [9.17, 15) is 13.0 Å².